The first-order chi connectivity index (χ1) is 12.5. The molecule has 0 radical (unpaired) electrons. The van der Waals surface area contributed by atoms with Gasteiger partial charge in [0.2, 0.25) is 5.91 Å². The first-order valence-electron chi connectivity index (χ1n) is 7.87. The molecule has 0 bridgehead atoms. The molecule has 2 aromatic rings. The lowest BCUT2D eigenvalue weighted by atomic mass is 10.3. The van der Waals surface area contributed by atoms with Crippen LogP contribution in [-0.2, 0) is 9.59 Å². The molecule has 0 saturated heterocycles. The summed E-state index contributed by atoms with van der Waals surface area (Å²) in [5.74, 6) is -0.397. The molecule has 138 valence electrons. The van der Waals surface area contributed by atoms with Gasteiger partial charge in [0, 0.05) is 17.0 Å². The lowest BCUT2D eigenvalue weighted by molar-refractivity contribution is -0.130. The summed E-state index contributed by atoms with van der Waals surface area (Å²) < 4.78 is 24.5. The molecular weight excluding hydrogens is 407 g/mol. The second-order valence-electron chi connectivity index (χ2n) is 5.25. The molecule has 8 heteroatoms. The minimum atomic E-state index is -0.547. The smallest absolute Gasteiger partial charge is 0.276 e. The van der Waals surface area contributed by atoms with Crippen LogP contribution in [0.25, 0.3) is 0 Å². The number of amides is 2. The predicted octanol–water partition coefficient (Wildman–Crippen LogP) is 2.97. The molecule has 2 N–H and O–H groups in total. The second-order valence-corrected chi connectivity index (χ2v) is 6.16. The second kappa shape index (κ2) is 10.4. The normalized spacial score (nSPS) is 10.1. The number of ether oxygens (including phenoxy) is 2. The minimum Gasteiger partial charge on any atom is -0.494 e. The molecule has 6 nitrogen and oxygen atoms in total. The fraction of sp³-hybridized carbons (Fsp3) is 0.222. The molecule has 0 aliphatic carbocycles. The van der Waals surface area contributed by atoms with E-state index >= 15 is 0 Å². The average Bonchev–Trinajstić information content (AvgIpc) is 2.63. The Morgan fingerprint density at radius 3 is 2.42 bits per heavy atom. The van der Waals surface area contributed by atoms with Crippen LogP contribution in [0.15, 0.2) is 53.0 Å². The van der Waals surface area contributed by atoms with Gasteiger partial charge in [-0.25, -0.2) is 4.39 Å². The zero-order valence-corrected chi connectivity index (χ0v) is 15.4. The number of rotatable bonds is 8. The van der Waals surface area contributed by atoms with Gasteiger partial charge in [-0.1, -0.05) is 22.0 Å². The summed E-state index contributed by atoms with van der Waals surface area (Å²) in [6.45, 7) is 0.0437. The Bertz CT molecular complexity index is 740. The molecule has 2 aromatic carbocycles. The summed E-state index contributed by atoms with van der Waals surface area (Å²) in [5.41, 5.74) is 4.51. The Kier molecular flexibility index (Phi) is 7.88. The monoisotopic (exact) mass is 424 g/mol. The van der Waals surface area contributed by atoms with Crippen LogP contribution < -0.4 is 20.3 Å². The van der Waals surface area contributed by atoms with Crippen LogP contribution in [0, 0.1) is 5.82 Å². The number of benzene rings is 2. The third-order valence-corrected chi connectivity index (χ3v) is 3.67. The van der Waals surface area contributed by atoms with Gasteiger partial charge >= 0.3 is 0 Å². The first-order valence-corrected chi connectivity index (χ1v) is 8.66. The first kappa shape index (κ1) is 19.7. The fourth-order valence-corrected chi connectivity index (χ4v) is 2.16. The Balaban J connectivity index is 1.56. The van der Waals surface area contributed by atoms with E-state index in [0.717, 1.165) is 16.3 Å². The van der Waals surface area contributed by atoms with E-state index in [1.54, 1.807) is 0 Å². The van der Waals surface area contributed by atoms with Gasteiger partial charge in [-0.05, 0) is 42.8 Å². The predicted molar refractivity (Wildman–Crippen MR) is 97.1 cm³/mol. The molecule has 0 aliphatic heterocycles. The number of carbonyl (C=O) groups excluding carboxylic acids is 2. The van der Waals surface area contributed by atoms with Crippen LogP contribution in [0.1, 0.15) is 12.8 Å². The van der Waals surface area contributed by atoms with E-state index in [-0.39, 0.29) is 24.7 Å². The van der Waals surface area contributed by atoms with Crippen molar-refractivity contribution >= 4 is 27.7 Å². The fourth-order valence-electron chi connectivity index (χ4n) is 1.90. The highest BCUT2D eigenvalue weighted by molar-refractivity contribution is 9.10. The van der Waals surface area contributed by atoms with Crippen molar-refractivity contribution in [2.75, 3.05) is 13.2 Å². The molecule has 0 aliphatic rings. The molecule has 0 fully saturated rings. The van der Waals surface area contributed by atoms with Crippen molar-refractivity contribution in [3.05, 3.63) is 58.8 Å². The van der Waals surface area contributed by atoms with Crippen molar-refractivity contribution in [2.45, 2.75) is 12.8 Å². The van der Waals surface area contributed by atoms with Gasteiger partial charge in [0.25, 0.3) is 5.91 Å². The summed E-state index contributed by atoms with van der Waals surface area (Å²) in [7, 11) is 0. The lowest BCUT2D eigenvalue weighted by Crippen LogP contribution is -2.43. The Morgan fingerprint density at radius 2 is 1.69 bits per heavy atom. The average molecular weight is 425 g/mol. The van der Waals surface area contributed by atoms with Crippen molar-refractivity contribution in [1.29, 1.82) is 0 Å². The van der Waals surface area contributed by atoms with Crippen molar-refractivity contribution in [3.63, 3.8) is 0 Å². The molecular formula is C18H18BrFN2O4. The van der Waals surface area contributed by atoms with Crippen LogP contribution >= 0.6 is 15.9 Å². The molecule has 2 amide bonds. The van der Waals surface area contributed by atoms with Crippen molar-refractivity contribution in [1.82, 2.24) is 10.9 Å². The third kappa shape index (κ3) is 7.52. The molecule has 0 unspecified atom stereocenters. The molecule has 0 spiro atoms. The number of halogens is 2. The quantitative estimate of drug-likeness (QED) is 0.504. The zero-order chi connectivity index (χ0) is 18.8. The summed E-state index contributed by atoms with van der Waals surface area (Å²) in [5, 5.41) is 0. The van der Waals surface area contributed by atoms with E-state index < -0.39 is 11.7 Å². The minimum absolute atomic E-state index is 0.196. The number of hydrogen-bond donors (Lipinski definition) is 2. The van der Waals surface area contributed by atoms with Crippen molar-refractivity contribution < 1.29 is 23.5 Å². The Labute approximate surface area is 158 Å². The highest BCUT2D eigenvalue weighted by atomic mass is 79.9. The van der Waals surface area contributed by atoms with Crippen LogP contribution in [0.2, 0.25) is 0 Å². The van der Waals surface area contributed by atoms with E-state index in [0.29, 0.717) is 13.0 Å². The van der Waals surface area contributed by atoms with E-state index in [1.165, 1.54) is 18.2 Å². The van der Waals surface area contributed by atoms with Crippen LogP contribution in [-0.4, -0.2) is 25.0 Å². The number of carbonyl (C=O) groups is 2. The van der Waals surface area contributed by atoms with Crippen molar-refractivity contribution in [3.8, 4) is 11.5 Å². The van der Waals surface area contributed by atoms with Crippen molar-refractivity contribution in [2.24, 2.45) is 0 Å². The summed E-state index contributed by atoms with van der Waals surface area (Å²) in [4.78, 5) is 23.2. The topological polar surface area (TPSA) is 76.7 Å². The van der Waals surface area contributed by atoms with Gasteiger partial charge < -0.3 is 9.47 Å². The molecule has 0 aromatic heterocycles. The Morgan fingerprint density at radius 1 is 0.962 bits per heavy atom. The number of hydrazine groups is 1. The summed E-state index contributed by atoms with van der Waals surface area (Å²) in [6, 6.07) is 12.8. The van der Waals surface area contributed by atoms with Crippen LogP contribution in [0.4, 0.5) is 4.39 Å². The van der Waals surface area contributed by atoms with Gasteiger partial charge in [-0.15, -0.1) is 0 Å². The van der Waals surface area contributed by atoms with Gasteiger partial charge in [0.1, 0.15) is 17.3 Å². The number of nitrogens with one attached hydrogen (secondary N) is 2. The molecule has 2 rings (SSSR count). The third-order valence-electron chi connectivity index (χ3n) is 3.14. The molecule has 0 heterocycles. The van der Waals surface area contributed by atoms with E-state index in [2.05, 4.69) is 26.8 Å². The maximum Gasteiger partial charge on any atom is 0.276 e. The van der Waals surface area contributed by atoms with E-state index in [9.17, 15) is 14.0 Å². The standard InChI is InChI=1S/C18H18BrFN2O4/c19-13-6-8-15(9-7-13)25-10-2-5-17(23)21-22-18(24)12-26-16-4-1-3-14(20)11-16/h1,3-4,6-9,11H,2,5,10,12H2,(H,21,23)(H,22,24). The SMILES string of the molecule is O=C(CCCOc1ccc(Br)cc1)NNC(=O)COc1cccc(F)c1. The van der Waals surface area contributed by atoms with E-state index in [1.807, 2.05) is 24.3 Å². The van der Waals surface area contributed by atoms with Gasteiger partial charge in [-0.2, -0.15) is 0 Å². The highest BCUT2D eigenvalue weighted by Crippen LogP contribution is 2.16. The lowest BCUT2D eigenvalue weighted by Gasteiger charge is -2.09. The van der Waals surface area contributed by atoms with Gasteiger partial charge in [0.05, 0.1) is 6.61 Å². The van der Waals surface area contributed by atoms with E-state index in [4.69, 9.17) is 9.47 Å². The zero-order valence-electron chi connectivity index (χ0n) is 13.8. The van der Waals surface area contributed by atoms with Crippen LogP contribution in [0.3, 0.4) is 0 Å². The summed E-state index contributed by atoms with van der Waals surface area (Å²) in [6.07, 6.45) is 0.694. The Hall–Kier alpha value is -2.61. The van der Waals surface area contributed by atoms with Gasteiger partial charge in [0.15, 0.2) is 6.61 Å². The molecule has 26 heavy (non-hydrogen) atoms. The highest BCUT2D eigenvalue weighted by Gasteiger charge is 2.06. The molecule has 0 saturated carbocycles. The number of hydrogen-bond acceptors (Lipinski definition) is 4. The van der Waals surface area contributed by atoms with Crippen LogP contribution in [0.5, 0.6) is 11.5 Å². The maximum absolute atomic E-state index is 13.0. The molecule has 0 atom stereocenters. The maximum atomic E-state index is 13.0. The summed E-state index contributed by atoms with van der Waals surface area (Å²) >= 11 is 3.33. The van der Waals surface area contributed by atoms with Gasteiger partial charge in [-0.3, -0.25) is 20.4 Å². The largest absolute Gasteiger partial charge is 0.494 e.